The zero-order valence-corrected chi connectivity index (χ0v) is 13.2. The van der Waals surface area contributed by atoms with Gasteiger partial charge in [-0.2, -0.15) is 0 Å². The molecule has 0 bridgehead atoms. The molecule has 0 radical (unpaired) electrons. The van der Waals surface area contributed by atoms with E-state index >= 15 is 0 Å². The Bertz CT molecular complexity index is 738. The van der Waals surface area contributed by atoms with Crippen LogP contribution >= 0.6 is 0 Å². The highest BCUT2D eigenvalue weighted by Gasteiger charge is 2.34. The smallest absolute Gasteiger partial charge is 0.254 e. The van der Waals surface area contributed by atoms with Gasteiger partial charge in [-0.05, 0) is 38.8 Å². The van der Waals surface area contributed by atoms with Crippen LogP contribution in [0.15, 0.2) is 34.9 Å². The molecule has 1 aromatic carbocycles. The van der Waals surface area contributed by atoms with Crippen molar-refractivity contribution >= 4 is 17.6 Å². The number of carbonyl (C=O) groups is 2. The Morgan fingerprint density at radius 1 is 1.30 bits per heavy atom. The Morgan fingerprint density at radius 3 is 2.83 bits per heavy atom. The molecule has 6 nitrogen and oxygen atoms in total. The van der Waals surface area contributed by atoms with Gasteiger partial charge >= 0.3 is 0 Å². The van der Waals surface area contributed by atoms with E-state index in [2.05, 4.69) is 10.5 Å². The third-order valence-corrected chi connectivity index (χ3v) is 3.96. The minimum atomic E-state index is -0.472. The maximum absolute atomic E-state index is 12.7. The number of carbonyl (C=O) groups excluding carboxylic acids is 2. The quantitative estimate of drug-likeness (QED) is 0.945. The molecular formula is C17H19N3O3. The lowest BCUT2D eigenvalue weighted by Crippen LogP contribution is -2.43. The molecule has 120 valence electrons. The third kappa shape index (κ3) is 3.26. The second kappa shape index (κ2) is 6.24. The number of anilines is 1. The van der Waals surface area contributed by atoms with Gasteiger partial charge in [-0.25, -0.2) is 0 Å². The van der Waals surface area contributed by atoms with Gasteiger partial charge in [-0.1, -0.05) is 22.9 Å². The van der Waals surface area contributed by atoms with Crippen molar-refractivity contribution < 1.29 is 14.1 Å². The summed E-state index contributed by atoms with van der Waals surface area (Å²) in [7, 11) is 0. The highest BCUT2D eigenvalue weighted by atomic mass is 16.5. The Kier molecular flexibility index (Phi) is 4.14. The molecule has 1 saturated heterocycles. The summed E-state index contributed by atoms with van der Waals surface area (Å²) >= 11 is 0. The molecule has 3 rings (SSSR count). The van der Waals surface area contributed by atoms with Crippen LogP contribution in [0.3, 0.4) is 0 Å². The summed E-state index contributed by atoms with van der Waals surface area (Å²) in [6, 6.07) is 8.60. The van der Waals surface area contributed by atoms with Crippen molar-refractivity contribution in [2.75, 3.05) is 11.9 Å². The fourth-order valence-electron chi connectivity index (χ4n) is 2.86. The van der Waals surface area contributed by atoms with Crippen LogP contribution in [0.1, 0.15) is 34.5 Å². The average Bonchev–Trinajstić information content (AvgIpc) is 3.15. The molecule has 2 heterocycles. The molecule has 0 saturated carbocycles. The molecular weight excluding hydrogens is 294 g/mol. The lowest BCUT2D eigenvalue weighted by molar-refractivity contribution is -0.119. The number of amides is 2. The normalized spacial score (nSPS) is 17.3. The maximum atomic E-state index is 12.7. The van der Waals surface area contributed by atoms with Gasteiger partial charge in [0.1, 0.15) is 11.8 Å². The van der Waals surface area contributed by atoms with E-state index in [9.17, 15) is 9.59 Å². The molecule has 1 fully saturated rings. The van der Waals surface area contributed by atoms with Crippen LogP contribution in [-0.2, 0) is 4.79 Å². The van der Waals surface area contributed by atoms with Gasteiger partial charge in [0, 0.05) is 18.2 Å². The summed E-state index contributed by atoms with van der Waals surface area (Å²) in [5, 5.41) is 6.47. The fraction of sp³-hybridized carbons (Fsp3) is 0.353. The van der Waals surface area contributed by atoms with Gasteiger partial charge in [-0.3, -0.25) is 9.59 Å². The lowest BCUT2D eigenvalue weighted by atomic mass is 10.1. The average molecular weight is 313 g/mol. The van der Waals surface area contributed by atoms with Crippen molar-refractivity contribution in [1.82, 2.24) is 10.1 Å². The largest absolute Gasteiger partial charge is 0.360 e. The van der Waals surface area contributed by atoms with Crippen LogP contribution in [0.4, 0.5) is 5.82 Å². The maximum Gasteiger partial charge on any atom is 0.254 e. The SMILES string of the molecule is Cc1cccc(C(=O)N2CCC[C@@H]2C(=O)Nc2cc(C)on2)c1. The Labute approximate surface area is 134 Å². The van der Waals surface area contributed by atoms with E-state index in [0.717, 1.165) is 12.0 Å². The van der Waals surface area contributed by atoms with Crippen LogP contribution in [0, 0.1) is 13.8 Å². The molecule has 1 aliphatic rings. The number of benzene rings is 1. The highest BCUT2D eigenvalue weighted by molar-refractivity contribution is 6.01. The number of likely N-dealkylation sites (tertiary alicyclic amines) is 1. The number of rotatable bonds is 3. The van der Waals surface area contributed by atoms with Gasteiger partial charge in [0.05, 0.1) is 0 Å². The van der Waals surface area contributed by atoms with E-state index in [1.807, 2.05) is 25.1 Å². The van der Waals surface area contributed by atoms with Gasteiger partial charge in [-0.15, -0.1) is 0 Å². The van der Waals surface area contributed by atoms with Crippen molar-refractivity contribution in [3.05, 3.63) is 47.2 Å². The number of hydrogen-bond acceptors (Lipinski definition) is 4. The second-order valence-corrected chi connectivity index (χ2v) is 5.84. The molecule has 6 heteroatoms. The van der Waals surface area contributed by atoms with Gasteiger partial charge in [0.2, 0.25) is 5.91 Å². The highest BCUT2D eigenvalue weighted by Crippen LogP contribution is 2.22. The van der Waals surface area contributed by atoms with E-state index in [1.54, 1.807) is 24.0 Å². The van der Waals surface area contributed by atoms with Gasteiger partial charge in [0.15, 0.2) is 5.82 Å². The van der Waals surface area contributed by atoms with Crippen molar-refractivity contribution in [2.24, 2.45) is 0 Å². The Morgan fingerprint density at radius 2 is 2.13 bits per heavy atom. The summed E-state index contributed by atoms with van der Waals surface area (Å²) < 4.78 is 4.94. The molecule has 23 heavy (non-hydrogen) atoms. The molecule has 1 atom stereocenters. The first-order chi connectivity index (χ1) is 11.0. The number of aryl methyl sites for hydroxylation is 2. The first-order valence-electron chi connectivity index (χ1n) is 7.66. The monoisotopic (exact) mass is 313 g/mol. The van der Waals surface area contributed by atoms with Crippen molar-refractivity contribution in [1.29, 1.82) is 0 Å². The summed E-state index contributed by atoms with van der Waals surface area (Å²) in [5.41, 5.74) is 1.64. The standard InChI is InChI=1S/C17H19N3O3/c1-11-5-3-6-13(9-11)17(22)20-8-4-7-14(20)16(21)18-15-10-12(2)23-19-15/h3,5-6,9-10,14H,4,7-8H2,1-2H3,(H,18,19,21)/t14-/m1/s1. The summed E-state index contributed by atoms with van der Waals surface area (Å²) in [5.74, 6) is 0.668. The van der Waals surface area contributed by atoms with E-state index in [1.165, 1.54) is 0 Å². The number of aromatic nitrogens is 1. The van der Waals surface area contributed by atoms with Crippen molar-refractivity contribution in [2.45, 2.75) is 32.7 Å². The van der Waals surface area contributed by atoms with Crippen LogP contribution in [0.2, 0.25) is 0 Å². The van der Waals surface area contributed by atoms with Crippen LogP contribution in [-0.4, -0.2) is 34.5 Å². The zero-order valence-electron chi connectivity index (χ0n) is 13.2. The third-order valence-electron chi connectivity index (χ3n) is 3.96. The molecule has 1 aliphatic heterocycles. The van der Waals surface area contributed by atoms with Crippen LogP contribution < -0.4 is 5.32 Å². The topological polar surface area (TPSA) is 75.4 Å². The van der Waals surface area contributed by atoms with E-state index in [4.69, 9.17) is 4.52 Å². The summed E-state index contributed by atoms with van der Waals surface area (Å²) in [6.45, 7) is 4.28. The van der Waals surface area contributed by atoms with Gasteiger partial charge < -0.3 is 14.7 Å². The summed E-state index contributed by atoms with van der Waals surface area (Å²) in [4.78, 5) is 26.8. The molecule has 2 aromatic rings. The molecule has 0 unspecified atom stereocenters. The fourth-order valence-corrected chi connectivity index (χ4v) is 2.86. The minimum absolute atomic E-state index is 0.109. The molecule has 0 spiro atoms. The Hall–Kier alpha value is -2.63. The molecule has 1 N–H and O–H groups in total. The zero-order chi connectivity index (χ0) is 16.4. The predicted octanol–water partition coefficient (Wildman–Crippen LogP) is 2.53. The van der Waals surface area contributed by atoms with E-state index in [0.29, 0.717) is 30.1 Å². The second-order valence-electron chi connectivity index (χ2n) is 5.84. The van der Waals surface area contributed by atoms with Crippen LogP contribution in [0.5, 0.6) is 0 Å². The van der Waals surface area contributed by atoms with Crippen molar-refractivity contribution in [3.63, 3.8) is 0 Å². The molecule has 0 aliphatic carbocycles. The van der Waals surface area contributed by atoms with Gasteiger partial charge in [0.25, 0.3) is 5.91 Å². The molecule has 2 amide bonds. The number of nitrogens with zero attached hydrogens (tertiary/aromatic N) is 2. The number of nitrogens with one attached hydrogen (secondary N) is 1. The first-order valence-corrected chi connectivity index (χ1v) is 7.66. The first kappa shape index (κ1) is 15.3. The van der Waals surface area contributed by atoms with E-state index < -0.39 is 6.04 Å². The van der Waals surface area contributed by atoms with Crippen LogP contribution in [0.25, 0.3) is 0 Å². The van der Waals surface area contributed by atoms with Crippen molar-refractivity contribution in [3.8, 4) is 0 Å². The minimum Gasteiger partial charge on any atom is -0.360 e. The Balaban J connectivity index is 1.74. The molecule has 1 aromatic heterocycles. The predicted molar refractivity (Wildman–Crippen MR) is 85.1 cm³/mol. The van der Waals surface area contributed by atoms with E-state index in [-0.39, 0.29) is 11.8 Å². The lowest BCUT2D eigenvalue weighted by Gasteiger charge is -2.23. The summed E-state index contributed by atoms with van der Waals surface area (Å²) in [6.07, 6.45) is 1.47. The number of hydrogen-bond donors (Lipinski definition) is 1.